The van der Waals surface area contributed by atoms with Crippen LogP contribution in [0.1, 0.15) is 18.4 Å². The molecule has 0 bridgehead atoms. The smallest absolute Gasteiger partial charge is 0.385 e. The summed E-state index contributed by atoms with van der Waals surface area (Å²) in [6.45, 7) is 0.362. The topological polar surface area (TPSA) is 35.8 Å². The first-order chi connectivity index (χ1) is 7.55. The number of hydrogen-bond acceptors (Lipinski definition) is 2. The van der Waals surface area contributed by atoms with Gasteiger partial charge in [0.1, 0.15) is 0 Å². The van der Waals surface area contributed by atoms with E-state index in [1.54, 1.807) is 6.07 Å². The lowest BCUT2D eigenvalue weighted by Gasteiger charge is -2.13. The average molecular weight is 228 g/mol. The Kier molecular flexibility index (Phi) is 4.18. The van der Waals surface area contributed by atoms with Crippen LogP contribution in [0.25, 0.3) is 0 Å². The average Bonchev–Trinajstić information content (AvgIpc) is 2.24. The lowest BCUT2D eigenvalue weighted by Crippen LogP contribution is -2.11. The van der Waals surface area contributed by atoms with Crippen molar-refractivity contribution in [2.45, 2.75) is 19.0 Å². The van der Waals surface area contributed by atoms with E-state index in [1.165, 1.54) is 12.1 Å². The van der Waals surface area contributed by atoms with Crippen molar-refractivity contribution >= 4 is 5.69 Å². The molecule has 1 aromatic carbocycles. The maximum absolute atomic E-state index is 12.5. The van der Waals surface area contributed by atoms with Gasteiger partial charge in [-0.2, -0.15) is 18.4 Å². The molecule has 1 rings (SSSR count). The minimum absolute atomic E-state index is 0.0629. The predicted octanol–water partition coefficient (Wildman–Crippen LogP) is 3.42. The highest BCUT2D eigenvalue weighted by Gasteiger charge is 2.32. The van der Waals surface area contributed by atoms with Crippen molar-refractivity contribution < 1.29 is 13.2 Å². The van der Waals surface area contributed by atoms with E-state index in [1.807, 2.05) is 6.07 Å². The number of nitrogens with one attached hydrogen (secondary N) is 1. The molecule has 0 aliphatic heterocycles. The fourth-order valence-corrected chi connectivity index (χ4v) is 1.27. The first kappa shape index (κ1) is 12.4. The van der Waals surface area contributed by atoms with E-state index in [0.29, 0.717) is 19.4 Å². The summed E-state index contributed by atoms with van der Waals surface area (Å²) >= 11 is 0. The Morgan fingerprint density at radius 3 is 2.56 bits per heavy atom. The number of alkyl halides is 3. The zero-order valence-corrected chi connectivity index (χ0v) is 8.51. The van der Waals surface area contributed by atoms with Crippen molar-refractivity contribution in [2.75, 3.05) is 11.9 Å². The molecular formula is C11H11F3N2. The van der Waals surface area contributed by atoms with E-state index in [-0.39, 0.29) is 5.69 Å². The van der Waals surface area contributed by atoms with E-state index in [9.17, 15) is 13.2 Å². The number of benzene rings is 1. The molecular weight excluding hydrogens is 217 g/mol. The monoisotopic (exact) mass is 228 g/mol. The van der Waals surface area contributed by atoms with Gasteiger partial charge < -0.3 is 5.32 Å². The standard InChI is InChI=1S/C11H11F3N2/c12-11(13,14)9-5-1-2-6-10(9)16-8-4-3-7-15/h1-2,5-6,16H,3-4,8H2. The van der Waals surface area contributed by atoms with E-state index in [2.05, 4.69) is 5.32 Å². The Balaban J connectivity index is 2.69. The third kappa shape index (κ3) is 3.46. The highest BCUT2D eigenvalue weighted by atomic mass is 19.4. The van der Waals surface area contributed by atoms with Crippen LogP contribution in [0.15, 0.2) is 24.3 Å². The molecule has 0 atom stereocenters. The van der Waals surface area contributed by atoms with Crippen LogP contribution in [-0.2, 0) is 6.18 Å². The fourth-order valence-electron chi connectivity index (χ4n) is 1.27. The number of nitrogens with zero attached hydrogens (tertiary/aromatic N) is 1. The van der Waals surface area contributed by atoms with Gasteiger partial charge in [0.15, 0.2) is 0 Å². The summed E-state index contributed by atoms with van der Waals surface area (Å²) in [4.78, 5) is 0. The summed E-state index contributed by atoms with van der Waals surface area (Å²) in [6, 6.07) is 7.25. The summed E-state index contributed by atoms with van der Waals surface area (Å²) in [5, 5.41) is 11.0. The molecule has 1 aromatic rings. The Bertz CT molecular complexity index is 380. The van der Waals surface area contributed by atoms with Crippen molar-refractivity contribution in [3.63, 3.8) is 0 Å². The molecule has 0 aliphatic rings. The molecule has 0 heterocycles. The molecule has 0 saturated carbocycles. The number of halogens is 3. The van der Waals surface area contributed by atoms with Gasteiger partial charge in [0.25, 0.3) is 0 Å². The maximum atomic E-state index is 12.5. The van der Waals surface area contributed by atoms with Crippen LogP contribution < -0.4 is 5.32 Å². The summed E-state index contributed by atoms with van der Waals surface area (Å²) in [5.74, 6) is 0. The van der Waals surface area contributed by atoms with E-state index in [4.69, 9.17) is 5.26 Å². The van der Waals surface area contributed by atoms with Gasteiger partial charge in [0, 0.05) is 18.7 Å². The van der Waals surface area contributed by atoms with Crippen LogP contribution in [0.3, 0.4) is 0 Å². The van der Waals surface area contributed by atoms with Crippen molar-refractivity contribution in [3.8, 4) is 6.07 Å². The molecule has 0 fully saturated rings. The SMILES string of the molecule is N#CCCCNc1ccccc1C(F)(F)F. The minimum atomic E-state index is -4.35. The van der Waals surface area contributed by atoms with E-state index in [0.717, 1.165) is 6.07 Å². The molecule has 5 heteroatoms. The third-order valence-electron chi connectivity index (χ3n) is 2.01. The van der Waals surface area contributed by atoms with Crippen LogP contribution in [0.2, 0.25) is 0 Å². The summed E-state index contributed by atoms with van der Waals surface area (Å²) in [7, 11) is 0. The molecule has 2 nitrogen and oxygen atoms in total. The van der Waals surface area contributed by atoms with Crippen molar-refractivity contribution in [1.82, 2.24) is 0 Å². The lowest BCUT2D eigenvalue weighted by molar-refractivity contribution is -0.136. The predicted molar refractivity (Wildman–Crippen MR) is 54.8 cm³/mol. The minimum Gasteiger partial charge on any atom is -0.385 e. The highest BCUT2D eigenvalue weighted by Crippen LogP contribution is 2.34. The normalized spacial score (nSPS) is 10.9. The summed E-state index contributed by atoms with van der Waals surface area (Å²) in [6.07, 6.45) is -3.48. The first-order valence-electron chi connectivity index (χ1n) is 4.83. The van der Waals surface area contributed by atoms with Gasteiger partial charge in [-0.05, 0) is 18.6 Å². The van der Waals surface area contributed by atoms with Gasteiger partial charge >= 0.3 is 6.18 Å². The quantitative estimate of drug-likeness (QED) is 0.801. The van der Waals surface area contributed by atoms with Crippen LogP contribution in [0, 0.1) is 11.3 Å². The molecule has 0 radical (unpaired) electrons. The van der Waals surface area contributed by atoms with Crippen molar-refractivity contribution in [3.05, 3.63) is 29.8 Å². The number of unbranched alkanes of at least 4 members (excludes halogenated alkanes) is 1. The van der Waals surface area contributed by atoms with Gasteiger partial charge in [0.2, 0.25) is 0 Å². The number of anilines is 1. The van der Waals surface area contributed by atoms with Crippen molar-refractivity contribution in [1.29, 1.82) is 5.26 Å². The van der Waals surface area contributed by atoms with Crippen LogP contribution in [0.4, 0.5) is 18.9 Å². The molecule has 0 saturated heterocycles. The van der Waals surface area contributed by atoms with Gasteiger partial charge in [-0.15, -0.1) is 0 Å². The second kappa shape index (κ2) is 5.40. The molecule has 0 unspecified atom stereocenters. The number of hydrogen-bond donors (Lipinski definition) is 1. The Hall–Kier alpha value is -1.70. The zero-order valence-electron chi connectivity index (χ0n) is 8.51. The van der Waals surface area contributed by atoms with E-state index >= 15 is 0 Å². The van der Waals surface area contributed by atoms with Gasteiger partial charge in [-0.25, -0.2) is 0 Å². The third-order valence-corrected chi connectivity index (χ3v) is 2.01. The van der Waals surface area contributed by atoms with Gasteiger partial charge in [-0.3, -0.25) is 0 Å². The lowest BCUT2D eigenvalue weighted by atomic mass is 10.1. The molecule has 0 aromatic heterocycles. The van der Waals surface area contributed by atoms with Crippen LogP contribution >= 0.6 is 0 Å². The molecule has 16 heavy (non-hydrogen) atoms. The largest absolute Gasteiger partial charge is 0.418 e. The summed E-state index contributed by atoms with van der Waals surface area (Å²) in [5.41, 5.74) is -0.611. The second-order valence-electron chi connectivity index (χ2n) is 3.23. The van der Waals surface area contributed by atoms with Gasteiger partial charge in [-0.1, -0.05) is 12.1 Å². The molecule has 0 amide bonds. The fraction of sp³-hybridized carbons (Fsp3) is 0.364. The first-order valence-corrected chi connectivity index (χ1v) is 4.83. The highest BCUT2D eigenvalue weighted by molar-refractivity contribution is 5.52. The molecule has 1 N–H and O–H groups in total. The number of rotatable bonds is 4. The van der Waals surface area contributed by atoms with Crippen molar-refractivity contribution in [2.24, 2.45) is 0 Å². The Morgan fingerprint density at radius 1 is 1.25 bits per heavy atom. The Labute approximate surface area is 91.7 Å². The Morgan fingerprint density at radius 2 is 1.94 bits per heavy atom. The second-order valence-corrected chi connectivity index (χ2v) is 3.23. The molecule has 0 spiro atoms. The number of para-hydroxylation sites is 1. The molecule has 0 aliphatic carbocycles. The zero-order chi connectivity index (χ0) is 12.0. The van der Waals surface area contributed by atoms with Gasteiger partial charge in [0.05, 0.1) is 11.6 Å². The number of nitriles is 1. The van der Waals surface area contributed by atoms with Crippen LogP contribution in [-0.4, -0.2) is 6.54 Å². The summed E-state index contributed by atoms with van der Waals surface area (Å²) < 4.78 is 37.6. The van der Waals surface area contributed by atoms with Crippen LogP contribution in [0.5, 0.6) is 0 Å². The maximum Gasteiger partial charge on any atom is 0.418 e. The molecule has 86 valence electrons. The van der Waals surface area contributed by atoms with E-state index < -0.39 is 11.7 Å².